The van der Waals surface area contributed by atoms with E-state index in [-0.39, 0.29) is 12.6 Å². The summed E-state index contributed by atoms with van der Waals surface area (Å²) in [7, 11) is 0. The first-order valence-electron chi connectivity index (χ1n) is 6.46. The first kappa shape index (κ1) is 11.5. The fourth-order valence-corrected chi connectivity index (χ4v) is 2.54. The highest BCUT2D eigenvalue weighted by Crippen LogP contribution is 2.33. The van der Waals surface area contributed by atoms with E-state index >= 15 is 0 Å². The van der Waals surface area contributed by atoms with Crippen LogP contribution >= 0.6 is 0 Å². The Hall–Kier alpha value is -1.55. The zero-order valence-electron chi connectivity index (χ0n) is 10.3. The molecule has 1 N–H and O–H groups in total. The summed E-state index contributed by atoms with van der Waals surface area (Å²) in [5, 5.41) is 3.31. The predicted octanol–water partition coefficient (Wildman–Crippen LogP) is 1.99. The van der Waals surface area contributed by atoms with Crippen LogP contribution in [0.3, 0.4) is 0 Å². The van der Waals surface area contributed by atoms with E-state index in [0.717, 1.165) is 37.2 Å². The molecule has 0 bridgehead atoms. The zero-order valence-corrected chi connectivity index (χ0v) is 10.3. The van der Waals surface area contributed by atoms with Gasteiger partial charge in [0.15, 0.2) is 17.3 Å². The van der Waals surface area contributed by atoms with Crippen molar-refractivity contribution in [1.82, 2.24) is 5.32 Å². The number of piperidine rings is 1. The van der Waals surface area contributed by atoms with Crippen molar-refractivity contribution in [2.24, 2.45) is 5.92 Å². The van der Waals surface area contributed by atoms with Crippen molar-refractivity contribution in [2.45, 2.75) is 19.3 Å². The summed E-state index contributed by atoms with van der Waals surface area (Å²) >= 11 is 0. The van der Waals surface area contributed by atoms with Crippen molar-refractivity contribution >= 4 is 5.78 Å². The summed E-state index contributed by atoms with van der Waals surface area (Å²) in [4.78, 5) is 12.2. The van der Waals surface area contributed by atoms with E-state index in [1.807, 2.05) is 12.1 Å². The molecule has 0 radical (unpaired) electrons. The molecule has 96 valence electrons. The topological polar surface area (TPSA) is 47.6 Å². The standard InChI is InChI=1S/C14H17NO3/c16-12(7-10-3-5-15-6-4-10)11-1-2-13-14(8-11)18-9-17-13/h1-2,8,10,15H,3-7,9H2. The first-order chi connectivity index (χ1) is 8.83. The van der Waals surface area contributed by atoms with Crippen LogP contribution < -0.4 is 14.8 Å². The molecule has 0 aromatic heterocycles. The summed E-state index contributed by atoms with van der Waals surface area (Å²) in [5.41, 5.74) is 0.734. The van der Waals surface area contributed by atoms with Crippen LogP contribution in [0.4, 0.5) is 0 Å². The quantitative estimate of drug-likeness (QED) is 0.830. The third-order valence-corrected chi connectivity index (χ3v) is 3.63. The minimum atomic E-state index is 0.209. The van der Waals surface area contributed by atoms with Crippen LogP contribution in [0.5, 0.6) is 11.5 Å². The van der Waals surface area contributed by atoms with Crippen molar-refractivity contribution < 1.29 is 14.3 Å². The maximum absolute atomic E-state index is 12.2. The average Bonchev–Trinajstić information content (AvgIpc) is 2.87. The van der Waals surface area contributed by atoms with Crippen molar-refractivity contribution in [2.75, 3.05) is 19.9 Å². The Morgan fingerprint density at radius 2 is 2.00 bits per heavy atom. The second-order valence-electron chi connectivity index (χ2n) is 4.89. The van der Waals surface area contributed by atoms with Crippen molar-refractivity contribution in [1.29, 1.82) is 0 Å². The van der Waals surface area contributed by atoms with Crippen LogP contribution in [-0.2, 0) is 0 Å². The zero-order chi connectivity index (χ0) is 12.4. The van der Waals surface area contributed by atoms with Crippen LogP contribution in [0.1, 0.15) is 29.6 Å². The highest BCUT2D eigenvalue weighted by Gasteiger charge is 2.20. The number of ether oxygens (including phenoxy) is 2. The van der Waals surface area contributed by atoms with Crippen LogP contribution in [0.25, 0.3) is 0 Å². The molecule has 0 aliphatic carbocycles. The molecule has 1 fully saturated rings. The molecule has 2 aliphatic rings. The molecule has 3 rings (SSSR count). The number of nitrogens with one attached hydrogen (secondary N) is 1. The van der Waals surface area contributed by atoms with E-state index < -0.39 is 0 Å². The van der Waals surface area contributed by atoms with Gasteiger partial charge in [-0.2, -0.15) is 0 Å². The van der Waals surface area contributed by atoms with E-state index in [2.05, 4.69) is 5.32 Å². The molecular formula is C14H17NO3. The molecule has 2 heterocycles. The minimum absolute atomic E-state index is 0.209. The summed E-state index contributed by atoms with van der Waals surface area (Å²) in [5.74, 6) is 2.14. The number of Topliss-reactive ketones (excluding diaryl/α,β-unsaturated/α-hetero) is 1. The van der Waals surface area contributed by atoms with Crippen molar-refractivity contribution in [3.63, 3.8) is 0 Å². The molecule has 18 heavy (non-hydrogen) atoms. The lowest BCUT2D eigenvalue weighted by Gasteiger charge is -2.21. The van der Waals surface area contributed by atoms with Gasteiger partial charge in [0.05, 0.1) is 0 Å². The lowest BCUT2D eigenvalue weighted by atomic mass is 9.90. The highest BCUT2D eigenvalue weighted by atomic mass is 16.7. The Morgan fingerprint density at radius 3 is 2.83 bits per heavy atom. The second-order valence-corrected chi connectivity index (χ2v) is 4.89. The van der Waals surface area contributed by atoms with Gasteiger partial charge in [-0.25, -0.2) is 0 Å². The molecule has 1 aromatic carbocycles. The molecule has 0 atom stereocenters. The van der Waals surface area contributed by atoms with Gasteiger partial charge in [0.1, 0.15) is 0 Å². The molecule has 0 amide bonds. The minimum Gasteiger partial charge on any atom is -0.454 e. The molecule has 2 aliphatic heterocycles. The molecule has 4 nitrogen and oxygen atoms in total. The Bertz CT molecular complexity index is 452. The van der Waals surface area contributed by atoms with E-state index in [4.69, 9.17) is 9.47 Å². The lowest BCUT2D eigenvalue weighted by Crippen LogP contribution is -2.28. The number of rotatable bonds is 3. The van der Waals surface area contributed by atoms with Gasteiger partial charge in [-0.1, -0.05) is 0 Å². The van der Waals surface area contributed by atoms with Gasteiger partial charge in [-0.15, -0.1) is 0 Å². The van der Waals surface area contributed by atoms with Crippen molar-refractivity contribution in [3.05, 3.63) is 23.8 Å². The maximum Gasteiger partial charge on any atom is 0.231 e. The summed E-state index contributed by atoms with van der Waals surface area (Å²) < 4.78 is 10.5. The number of hydrogen-bond donors (Lipinski definition) is 1. The molecular weight excluding hydrogens is 230 g/mol. The molecule has 1 saturated heterocycles. The molecule has 0 saturated carbocycles. The first-order valence-corrected chi connectivity index (χ1v) is 6.46. The van der Waals surface area contributed by atoms with Gasteiger partial charge in [-0.05, 0) is 50.0 Å². The molecule has 1 aromatic rings. The van der Waals surface area contributed by atoms with Gasteiger partial charge >= 0.3 is 0 Å². The summed E-state index contributed by atoms with van der Waals surface area (Å²) in [6, 6.07) is 5.45. The third-order valence-electron chi connectivity index (χ3n) is 3.63. The average molecular weight is 247 g/mol. The molecule has 0 spiro atoms. The van der Waals surface area contributed by atoms with E-state index in [0.29, 0.717) is 18.1 Å². The van der Waals surface area contributed by atoms with E-state index in [1.54, 1.807) is 6.07 Å². The van der Waals surface area contributed by atoms with Crippen LogP contribution in [0, 0.1) is 5.92 Å². The number of benzene rings is 1. The van der Waals surface area contributed by atoms with E-state index in [1.165, 1.54) is 0 Å². The number of carbonyl (C=O) groups excluding carboxylic acids is 1. The van der Waals surface area contributed by atoms with Gasteiger partial charge in [-0.3, -0.25) is 4.79 Å². The Morgan fingerprint density at radius 1 is 1.22 bits per heavy atom. The number of hydrogen-bond acceptors (Lipinski definition) is 4. The molecule has 4 heteroatoms. The Balaban J connectivity index is 1.68. The SMILES string of the molecule is O=C(CC1CCNCC1)c1ccc2c(c1)OCO2. The number of carbonyl (C=O) groups is 1. The van der Waals surface area contributed by atoms with Gasteiger partial charge in [0.25, 0.3) is 0 Å². The van der Waals surface area contributed by atoms with Crippen molar-refractivity contribution in [3.8, 4) is 11.5 Å². The summed E-state index contributed by atoms with van der Waals surface area (Å²) in [6.07, 6.45) is 2.83. The third kappa shape index (κ3) is 2.34. The maximum atomic E-state index is 12.2. The Labute approximate surface area is 106 Å². The number of fused-ring (bicyclic) bond motifs is 1. The predicted molar refractivity (Wildman–Crippen MR) is 67.1 cm³/mol. The van der Waals surface area contributed by atoms with Gasteiger partial charge in [0, 0.05) is 12.0 Å². The highest BCUT2D eigenvalue weighted by molar-refractivity contribution is 5.96. The fraction of sp³-hybridized carbons (Fsp3) is 0.500. The van der Waals surface area contributed by atoms with Gasteiger partial charge < -0.3 is 14.8 Å². The fourth-order valence-electron chi connectivity index (χ4n) is 2.54. The van der Waals surface area contributed by atoms with Crippen LogP contribution in [0.2, 0.25) is 0 Å². The van der Waals surface area contributed by atoms with E-state index in [9.17, 15) is 4.79 Å². The Kier molecular flexibility index (Phi) is 3.19. The number of ketones is 1. The monoisotopic (exact) mass is 247 g/mol. The lowest BCUT2D eigenvalue weighted by molar-refractivity contribution is 0.0952. The normalized spacial score (nSPS) is 18.9. The van der Waals surface area contributed by atoms with Gasteiger partial charge in [0.2, 0.25) is 6.79 Å². The second kappa shape index (κ2) is 4.98. The summed E-state index contributed by atoms with van der Waals surface area (Å²) in [6.45, 7) is 2.31. The smallest absolute Gasteiger partial charge is 0.231 e. The van der Waals surface area contributed by atoms with Crippen LogP contribution in [-0.4, -0.2) is 25.7 Å². The van der Waals surface area contributed by atoms with Crippen LogP contribution in [0.15, 0.2) is 18.2 Å². The largest absolute Gasteiger partial charge is 0.454 e. The molecule has 0 unspecified atom stereocenters.